The zero-order valence-electron chi connectivity index (χ0n) is 20.3. The highest BCUT2D eigenvalue weighted by atomic mass is 19.4. The average Bonchev–Trinajstić information content (AvgIpc) is 3.56. The molecule has 1 aliphatic heterocycles. The number of amides is 3. The van der Waals surface area contributed by atoms with Crippen LogP contribution in [0, 0.1) is 17.3 Å². The van der Waals surface area contributed by atoms with Crippen LogP contribution < -0.4 is 16.4 Å². The first-order valence-electron chi connectivity index (χ1n) is 12.0. The van der Waals surface area contributed by atoms with Crippen LogP contribution in [0.5, 0.6) is 0 Å². The van der Waals surface area contributed by atoms with Crippen LogP contribution in [0.25, 0.3) is 0 Å². The van der Waals surface area contributed by atoms with Gasteiger partial charge in [0.25, 0.3) is 5.91 Å². The van der Waals surface area contributed by atoms with Gasteiger partial charge in [-0.15, -0.1) is 0 Å². The maximum atomic E-state index is 13.5. The zero-order valence-corrected chi connectivity index (χ0v) is 20.3. The number of primary amides is 1. The average molecular weight is 554 g/mol. The molecule has 2 unspecified atom stereocenters. The molecule has 208 valence electrons. The first-order chi connectivity index (χ1) is 18.2. The largest absolute Gasteiger partial charge is 0.389 e. The number of rotatable bonds is 8. The molecular formula is C26H24F6N4O3. The van der Waals surface area contributed by atoms with Crippen LogP contribution in [0.15, 0.2) is 59.6 Å². The van der Waals surface area contributed by atoms with E-state index in [9.17, 15) is 40.7 Å². The van der Waals surface area contributed by atoms with Crippen LogP contribution in [0.1, 0.15) is 36.8 Å². The molecule has 4 atom stereocenters. The van der Waals surface area contributed by atoms with Crippen LogP contribution in [0.2, 0.25) is 0 Å². The molecule has 7 nitrogen and oxygen atoms in total. The van der Waals surface area contributed by atoms with Gasteiger partial charge in [0.1, 0.15) is 0 Å². The van der Waals surface area contributed by atoms with Crippen molar-refractivity contribution in [3.05, 3.63) is 65.7 Å². The Morgan fingerprint density at radius 2 is 1.67 bits per heavy atom. The van der Waals surface area contributed by atoms with E-state index in [4.69, 9.17) is 5.73 Å². The first-order valence-corrected chi connectivity index (χ1v) is 12.0. The lowest BCUT2D eigenvalue weighted by Crippen LogP contribution is -2.50. The van der Waals surface area contributed by atoms with Crippen LogP contribution in [0.4, 0.5) is 32.0 Å². The third-order valence-corrected chi connectivity index (χ3v) is 7.00. The van der Waals surface area contributed by atoms with Gasteiger partial charge in [0.2, 0.25) is 18.0 Å². The summed E-state index contributed by atoms with van der Waals surface area (Å²) in [7, 11) is 0. The van der Waals surface area contributed by atoms with Crippen molar-refractivity contribution < 1.29 is 40.7 Å². The lowest BCUT2D eigenvalue weighted by atomic mass is 9.81. The van der Waals surface area contributed by atoms with E-state index in [0.29, 0.717) is 16.8 Å². The van der Waals surface area contributed by atoms with Gasteiger partial charge in [-0.05, 0) is 24.8 Å². The molecule has 1 saturated carbocycles. The zero-order chi connectivity index (χ0) is 28.6. The highest BCUT2D eigenvalue weighted by Crippen LogP contribution is 2.63. The van der Waals surface area contributed by atoms with Gasteiger partial charge < -0.3 is 16.4 Å². The van der Waals surface area contributed by atoms with E-state index in [2.05, 4.69) is 15.6 Å². The van der Waals surface area contributed by atoms with E-state index in [1.165, 1.54) is 0 Å². The van der Waals surface area contributed by atoms with Crippen molar-refractivity contribution in [2.75, 3.05) is 5.32 Å². The van der Waals surface area contributed by atoms with Crippen molar-refractivity contribution in [2.45, 2.75) is 44.2 Å². The quantitative estimate of drug-likeness (QED) is 0.423. The van der Waals surface area contributed by atoms with E-state index >= 15 is 0 Å². The van der Waals surface area contributed by atoms with Crippen molar-refractivity contribution in [3.63, 3.8) is 0 Å². The normalized spacial score (nSPS) is 23.5. The number of hydrogen-bond donors (Lipinski definition) is 3. The van der Waals surface area contributed by atoms with E-state index in [-0.39, 0.29) is 5.71 Å². The number of benzodiazepines with no additional fused rings is 1. The third-order valence-electron chi connectivity index (χ3n) is 7.00. The summed E-state index contributed by atoms with van der Waals surface area (Å²) in [4.78, 5) is 43.2. The maximum absolute atomic E-state index is 13.5. The Balaban J connectivity index is 1.70. The number of hydrogen-bond acceptors (Lipinski definition) is 4. The molecule has 0 spiro atoms. The van der Waals surface area contributed by atoms with Crippen molar-refractivity contribution in [3.8, 4) is 0 Å². The number of anilines is 1. The van der Waals surface area contributed by atoms with Gasteiger partial charge >= 0.3 is 12.4 Å². The number of carbonyl (C=O) groups excluding carboxylic acids is 3. The predicted molar refractivity (Wildman–Crippen MR) is 128 cm³/mol. The smallest absolute Gasteiger partial charge is 0.369 e. The molecule has 3 amide bonds. The topological polar surface area (TPSA) is 114 Å². The summed E-state index contributed by atoms with van der Waals surface area (Å²) in [6.45, 7) is 0. The van der Waals surface area contributed by atoms with Crippen molar-refractivity contribution in [1.29, 1.82) is 0 Å². The number of benzene rings is 2. The summed E-state index contributed by atoms with van der Waals surface area (Å²) >= 11 is 0. The lowest BCUT2D eigenvalue weighted by molar-refractivity contribution is -0.153. The van der Waals surface area contributed by atoms with Crippen molar-refractivity contribution >= 4 is 29.1 Å². The van der Waals surface area contributed by atoms with E-state index in [0.717, 1.165) is 0 Å². The molecule has 0 bridgehead atoms. The second-order valence-electron chi connectivity index (χ2n) is 9.62. The fourth-order valence-electron chi connectivity index (χ4n) is 5.15. The maximum Gasteiger partial charge on any atom is 0.389 e. The highest BCUT2D eigenvalue weighted by molar-refractivity contribution is 6.19. The molecule has 4 N–H and O–H groups in total. The minimum Gasteiger partial charge on any atom is -0.369 e. The molecule has 2 aromatic carbocycles. The number of aliphatic imine (C=N–C) groups is 1. The third kappa shape index (κ3) is 6.23. The second kappa shape index (κ2) is 10.3. The Hall–Kier alpha value is -3.90. The summed E-state index contributed by atoms with van der Waals surface area (Å²) in [5.74, 6) is -6.67. The molecule has 2 aliphatic rings. The molecule has 1 fully saturated rings. The minimum absolute atomic E-state index is 0.287. The molecule has 2 aromatic rings. The molecule has 0 aromatic heterocycles. The monoisotopic (exact) mass is 554 g/mol. The molecule has 1 aliphatic carbocycles. The molecule has 1 heterocycles. The van der Waals surface area contributed by atoms with Gasteiger partial charge in [0.05, 0.1) is 22.7 Å². The minimum atomic E-state index is -4.75. The van der Waals surface area contributed by atoms with E-state index in [1.807, 2.05) is 0 Å². The number of carbonyl (C=O) groups is 3. The fourth-order valence-corrected chi connectivity index (χ4v) is 5.15. The number of halogens is 6. The fraction of sp³-hybridized carbons (Fsp3) is 0.385. The van der Waals surface area contributed by atoms with Crippen molar-refractivity contribution in [2.24, 2.45) is 28.0 Å². The summed E-state index contributed by atoms with van der Waals surface area (Å²) in [5, 5.41) is 4.91. The molecule has 4 rings (SSSR count). The number of nitrogens with zero attached hydrogens (tertiary/aromatic N) is 1. The Morgan fingerprint density at radius 1 is 1.03 bits per heavy atom. The Morgan fingerprint density at radius 3 is 2.28 bits per heavy atom. The summed E-state index contributed by atoms with van der Waals surface area (Å²) in [6, 6.07) is 15.2. The second-order valence-corrected chi connectivity index (χ2v) is 9.62. The predicted octanol–water partition coefficient (Wildman–Crippen LogP) is 4.32. The van der Waals surface area contributed by atoms with Crippen LogP contribution in [0.3, 0.4) is 0 Å². The first kappa shape index (κ1) is 28.1. The summed E-state index contributed by atoms with van der Waals surface area (Å²) in [6.07, 6.45) is -15.7. The van der Waals surface area contributed by atoms with Crippen LogP contribution in [-0.2, 0) is 14.4 Å². The number of nitrogens with two attached hydrogens (primary N) is 1. The van der Waals surface area contributed by atoms with Crippen molar-refractivity contribution in [1.82, 2.24) is 5.32 Å². The standard InChI is InChI=1S/C26H24F6N4O3/c27-25(28,29)11-10-17(20(33)37)24(12-15(24)13-26(30,31)32)23(39)36-21-22(38)34-18-9-5-4-8-16(18)19(35-21)14-6-2-1-3-7-14/h1-9,15,17,21H,10-13H2,(H2,33,37)(H,34,38)(H,36,39)/t15?,17-,21-,24?/m1/s1. The lowest BCUT2D eigenvalue weighted by Gasteiger charge is -2.27. The number of para-hydroxylation sites is 1. The Bertz CT molecular complexity index is 1290. The molecule has 0 saturated heterocycles. The van der Waals surface area contributed by atoms with Gasteiger partial charge in [-0.2, -0.15) is 26.3 Å². The summed E-state index contributed by atoms with van der Waals surface area (Å²) < 4.78 is 78.6. The van der Waals surface area contributed by atoms with Gasteiger partial charge in [0, 0.05) is 24.0 Å². The van der Waals surface area contributed by atoms with Crippen LogP contribution >= 0.6 is 0 Å². The van der Waals surface area contributed by atoms with Gasteiger partial charge in [-0.1, -0.05) is 48.5 Å². The van der Waals surface area contributed by atoms with E-state index < -0.39 is 79.2 Å². The Labute approximate surface area is 218 Å². The number of nitrogens with one attached hydrogen (secondary N) is 2. The molecule has 0 radical (unpaired) electrons. The Kier molecular flexibility index (Phi) is 7.46. The van der Waals surface area contributed by atoms with Gasteiger partial charge in [-0.3, -0.25) is 14.4 Å². The molecule has 39 heavy (non-hydrogen) atoms. The van der Waals surface area contributed by atoms with Crippen LogP contribution in [-0.4, -0.2) is 42.0 Å². The number of fused-ring (bicyclic) bond motifs is 1. The van der Waals surface area contributed by atoms with Gasteiger partial charge in [0.15, 0.2) is 0 Å². The van der Waals surface area contributed by atoms with Gasteiger partial charge in [-0.25, -0.2) is 4.99 Å². The molecular weight excluding hydrogens is 530 g/mol. The molecule has 13 heteroatoms. The highest BCUT2D eigenvalue weighted by Gasteiger charge is 2.67. The summed E-state index contributed by atoms with van der Waals surface area (Å²) in [5.41, 5.74) is 4.87. The SMILES string of the molecule is NC(=O)[C@@H](CCC(F)(F)F)C1(C(=O)N[C@H]2N=C(c3ccccc3)c3ccccc3NC2=O)CC1CC(F)(F)F. The van der Waals surface area contributed by atoms with E-state index in [1.54, 1.807) is 54.6 Å². The number of alkyl halides is 6.